The summed E-state index contributed by atoms with van der Waals surface area (Å²) >= 11 is 0. The van der Waals surface area contributed by atoms with Crippen LogP contribution >= 0.6 is 0 Å². The molecular weight excluding hydrogens is 448 g/mol. The molecule has 0 radical (unpaired) electrons. The van der Waals surface area contributed by atoms with E-state index in [1.165, 1.54) is 6.07 Å². The van der Waals surface area contributed by atoms with Gasteiger partial charge in [0.25, 0.3) is 11.5 Å². The van der Waals surface area contributed by atoms with Gasteiger partial charge in [-0.05, 0) is 31.2 Å². The van der Waals surface area contributed by atoms with E-state index in [-0.39, 0.29) is 24.7 Å². The fourth-order valence-electron chi connectivity index (χ4n) is 3.32. The van der Waals surface area contributed by atoms with E-state index in [2.05, 4.69) is 15.6 Å². The van der Waals surface area contributed by atoms with Crippen LogP contribution in [0.3, 0.4) is 0 Å². The molecule has 4 N–H and O–H groups in total. The highest BCUT2D eigenvalue weighted by Crippen LogP contribution is 2.31. The zero-order chi connectivity index (χ0) is 25.0. The minimum atomic E-state index is -0.677. The first-order valence-electron chi connectivity index (χ1n) is 11.2. The monoisotopic (exact) mass is 476 g/mol. The summed E-state index contributed by atoms with van der Waals surface area (Å²) in [5.41, 5.74) is 1.46. The summed E-state index contributed by atoms with van der Waals surface area (Å²) in [6.45, 7) is 2.87. The first-order chi connectivity index (χ1) is 17.0. The van der Waals surface area contributed by atoms with E-state index in [0.29, 0.717) is 48.0 Å². The molecule has 3 aromatic rings. The van der Waals surface area contributed by atoms with Gasteiger partial charge in [-0.2, -0.15) is 5.26 Å². The maximum absolute atomic E-state index is 12.2. The van der Waals surface area contributed by atoms with E-state index < -0.39 is 11.7 Å². The summed E-state index contributed by atoms with van der Waals surface area (Å²) in [6, 6.07) is 19.8. The standard InChI is InChI=1S/C26H28N4O5/c1-18-23(13-19(14-27)26(33)30-18)22-9-5-6-10-24(22)35-17-25(32)29-12-11-28-15-20(31)16-34-21-7-3-2-4-8-21/h2-10,13,20,28,31H,11-12,15-17H2,1H3,(H,29,32)(H,30,33). The summed E-state index contributed by atoms with van der Waals surface area (Å²) in [5, 5.41) is 25.0. The van der Waals surface area contributed by atoms with Gasteiger partial charge in [-0.15, -0.1) is 0 Å². The number of carbonyl (C=O) groups is 1. The molecule has 35 heavy (non-hydrogen) atoms. The van der Waals surface area contributed by atoms with Crippen LogP contribution in [0.1, 0.15) is 11.3 Å². The highest BCUT2D eigenvalue weighted by atomic mass is 16.5. The second-order valence-corrected chi connectivity index (χ2v) is 7.78. The van der Waals surface area contributed by atoms with Crippen LogP contribution < -0.4 is 25.7 Å². The first-order valence-corrected chi connectivity index (χ1v) is 11.2. The van der Waals surface area contributed by atoms with Gasteiger partial charge in [-0.1, -0.05) is 36.4 Å². The second-order valence-electron chi connectivity index (χ2n) is 7.78. The van der Waals surface area contributed by atoms with E-state index in [9.17, 15) is 20.0 Å². The Morgan fingerprint density at radius 3 is 2.60 bits per heavy atom. The summed E-state index contributed by atoms with van der Waals surface area (Å²) in [5.74, 6) is 0.855. The van der Waals surface area contributed by atoms with Crippen LogP contribution in [0.5, 0.6) is 11.5 Å². The first kappa shape index (κ1) is 25.5. The number of hydrogen-bond donors (Lipinski definition) is 4. The summed E-state index contributed by atoms with van der Waals surface area (Å²) in [6.07, 6.45) is -0.677. The maximum Gasteiger partial charge on any atom is 0.266 e. The highest BCUT2D eigenvalue weighted by molar-refractivity contribution is 5.78. The van der Waals surface area contributed by atoms with Gasteiger partial charge in [-0.3, -0.25) is 9.59 Å². The van der Waals surface area contributed by atoms with Crippen molar-refractivity contribution in [3.63, 3.8) is 0 Å². The number of aryl methyl sites for hydroxylation is 1. The third kappa shape index (κ3) is 7.71. The molecule has 1 unspecified atom stereocenters. The third-order valence-electron chi connectivity index (χ3n) is 5.08. The van der Waals surface area contributed by atoms with Crippen molar-refractivity contribution in [1.82, 2.24) is 15.6 Å². The number of ether oxygens (including phenoxy) is 2. The summed E-state index contributed by atoms with van der Waals surface area (Å²) in [4.78, 5) is 26.7. The number of rotatable bonds is 12. The summed E-state index contributed by atoms with van der Waals surface area (Å²) in [7, 11) is 0. The number of nitrogens with zero attached hydrogens (tertiary/aromatic N) is 1. The van der Waals surface area contributed by atoms with Crippen molar-refractivity contribution >= 4 is 5.91 Å². The van der Waals surface area contributed by atoms with Crippen molar-refractivity contribution in [3.8, 4) is 28.7 Å². The lowest BCUT2D eigenvalue weighted by molar-refractivity contribution is -0.123. The van der Waals surface area contributed by atoms with Crippen molar-refractivity contribution in [1.29, 1.82) is 5.26 Å². The van der Waals surface area contributed by atoms with Crippen LogP contribution in [0.2, 0.25) is 0 Å². The number of aliphatic hydroxyl groups excluding tert-OH is 1. The van der Waals surface area contributed by atoms with Crippen molar-refractivity contribution in [2.75, 3.05) is 32.8 Å². The average molecular weight is 477 g/mol. The number of benzene rings is 2. The minimum Gasteiger partial charge on any atom is -0.491 e. The number of pyridine rings is 1. The van der Waals surface area contributed by atoms with Gasteiger partial charge < -0.3 is 30.2 Å². The van der Waals surface area contributed by atoms with Crippen molar-refractivity contribution < 1.29 is 19.4 Å². The van der Waals surface area contributed by atoms with Gasteiger partial charge in [0.1, 0.15) is 35.8 Å². The van der Waals surface area contributed by atoms with E-state index in [0.717, 1.165) is 0 Å². The number of para-hydroxylation sites is 2. The van der Waals surface area contributed by atoms with Gasteiger partial charge in [0.05, 0.1) is 0 Å². The van der Waals surface area contributed by atoms with Crippen molar-refractivity contribution in [2.45, 2.75) is 13.0 Å². The van der Waals surface area contributed by atoms with Gasteiger partial charge >= 0.3 is 0 Å². The Hall–Kier alpha value is -4.13. The molecule has 1 atom stereocenters. The molecule has 9 heteroatoms. The zero-order valence-corrected chi connectivity index (χ0v) is 19.4. The number of aromatic amines is 1. The molecule has 0 fully saturated rings. The second kappa shape index (κ2) is 12.9. The van der Waals surface area contributed by atoms with Crippen LogP contribution in [0.4, 0.5) is 0 Å². The lowest BCUT2D eigenvalue weighted by Gasteiger charge is -2.14. The number of hydrogen-bond acceptors (Lipinski definition) is 7. The fourth-order valence-corrected chi connectivity index (χ4v) is 3.32. The molecule has 1 heterocycles. The lowest BCUT2D eigenvalue weighted by atomic mass is 10.0. The Kier molecular flexibility index (Phi) is 9.42. The molecule has 3 rings (SSSR count). The van der Waals surface area contributed by atoms with E-state index >= 15 is 0 Å². The van der Waals surface area contributed by atoms with Gasteiger partial charge in [0.15, 0.2) is 6.61 Å². The molecule has 0 aliphatic carbocycles. The van der Waals surface area contributed by atoms with Gasteiger partial charge in [0.2, 0.25) is 0 Å². The van der Waals surface area contributed by atoms with Crippen LogP contribution in [0, 0.1) is 18.3 Å². The van der Waals surface area contributed by atoms with E-state index in [1.807, 2.05) is 42.5 Å². The molecular formula is C26H28N4O5. The van der Waals surface area contributed by atoms with Gasteiger partial charge in [0, 0.05) is 36.5 Å². The Labute approximate surface area is 203 Å². The topological polar surface area (TPSA) is 136 Å². The Morgan fingerprint density at radius 2 is 1.83 bits per heavy atom. The summed E-state index contributed by atoms with van der Waals surface area (Å²) < 4.78 is 11.2. The smallest absolute Gasteiger partial charge is 0.266 e. The third-order valence-corrected chi connectivity index (χ3v) is 5.08. The number of aliphatic hydroxyl groups is 1. The molecule has 9 nitrogen and oxygen atoms in total. The Bertz CT molecular complexity index is 1220. The van der Waals surface area contributed by atoms with Crippen LogP contribution in [0.15, 0.2) is 65.5 Å². The molecule has 2 aromatic carbocycles. The van der Waals surface area contributed by atoms with Crippen LogP contribution in [0.25, 0.3) is 11.1 Å². The number of nitrogens with one attached hydrogen (secondary N) is 3. The molecule has 0 saturated carbocycles. The quantitative estimate of drug-likeness (QED) is 0.292. The molecule has 0 saturated heterocycles. The molecule has 182 valence electrons. The molecule has 0 bridgehead atoms. The Balaban J connectivity index is 1.41. The number of amides is 1. The molecule has 0 spiro atoms. The molecule has 0 aliphatic rings. The van der Waals surface area contributed by atoms with Crippen LogP contribution in [-0.2, 0) is 4.79 Å². The minimum absolute atomic E-state index is 0.00222. The number of H-pyrrole nitrogens is 1. The SMILES string of the molecule is Cc1[nH]c(=O)c(C#N)cc1-c1ccccc1OCC(=O)NCCNCC(O)COc1ccccc1. The molecule has 0 aliphatic heterocycles. The predicted molar refractivity (Wildman–Crippen MR) is 131 cm³/mol. The van der Waals surface area contributed by atoms with Gasteiger partial charge in [-0.25, -0.2) is 0 Å². The number of nitriles is 1. The zero-order valence-electron chi connectivity index (χ0n) is 19.4. The Morgan fingerprint density at radius 1 is 1.09 bits per heavy atom. The fraction of sp³-hybridized carbons (Fsp3) is 0.269. The predicted octanol–water partition coefficient (Wildman–Crippen LogP) is 1.75. The van der Waals surface area contributed by atoms with Crippen molar-refractivity contribution in [2.24, 2.45) is 0 Å². The van der Waals surface area contributed by atoms with E-state index in [1.54, 1.807) is 25.1 Å². The highest BCUT2D eigenvalue weighted by Gasteiger charge is 2.13. The van der Waals surface area contributed by atoms with E-state index in [4.69, 9.17) is 9.47 Å². The maximum atomic E-state index is 12.2. The lowest BCUT2D eigenvalue weighted by Crippen LogP contribution is -2.38. The van der Waals surface area contributed by atoms with Crippen LogP contribution in [-0.4, -0.2) is 54.9 Å². The average Bonchev–Trinajstić information content (AvgIpc) is 2.87. The molecule has 1 aromatic heterocycles. The molecule has 1 amide bonds. The normalized spacial score (nSPS) is 11.3. The number of carbonyl (C=O) groups excluding carboxylic acids is 1. The van der Waals surface area contributed by atoms with Crippen molar-refractivity contribution in [3.05, 3.63) is 82.3 Å². The largest absolute Gasteiger partial charge is 0.491 e. The number of aromatic nitrogens is 1.